The largest absolute Gasteiger partial charge is 0.462 e. The first-order chi connectivity index (χ1) is 13.4. The molecule has 148 valence electrons. The molecule has 1 aromatic heterocycles. The van der Waals surface area contributed by atoms with Gasteiger partial charge in [-0.15, -0.1) is 11.8 Å². The Bertz CT molecular complexity index is 895. The van der Waals surface area contributed by atoms with Crippen LogP contribution in [0, 0.1) is 13.8 Å². The van der Waals surface area contributed by atoms with E-state index in [1.54, 1.807) is 19.9 Å². The van der Waals surface area contributed by atoms with E-state index in [0.29, 0.717) is 22.2 Å². The van der Waals surface area contributed by atoms with Gasteiger partial charge in [-0.05, 0) is 51.2 Å². The minimum atomic E-state index is -0.444. The fourth-order valence-electron chi connectivity index (χ4n) is 2.70. The van der Waals surface area contributed by atoms with Crippen molar-refractivity contribution in [3.63, 3.8) is 0 Å². The summed E-state index contributed by atoms with van der Waals surface area (Å²) in [5.74, 6) is 0.644. The molecule has 0 saturated carbocycles. The van der Waals surface area contributed by atoms with Gasteiger partial charge >= 0.3 is 5.97 Å². The average molecular weight is 420 g/mol. The number of hydrazine groups is 1. The summed E-state index contributed by atoms with van der Waals surface area (Å²) in [5.41, 5.74) is 5.25. The highest BCUT2D eigenvalue weighted by molar-refractivity contribution is 8.00. The predicted octanol–water partition coefficient (Wildman–Crippen LogP) is 3.55. The molecular formula is C19H21N3O4S2. The number of ether oxygens (including phenoxy) is 1. The number of aryl methyl sites for hydroxylation is 2. The summed E-state index contributed by atoms with van der Waals surface area (Å²) in [4.78, 5) is 24.4. The number of amides is 1. The third-order valence-corrected chi connectivity index (χ3v) is 5.44. The topological polar surface area (TPSA) is 83.8 Å². The summed E-state index contributed by atoms with van der Waals surface area (Å²) in [5, 5.41) is 4.32. The maximum absolute atomic E-state index is 12.3. The normalized spacial score (nSPS) is 16.2. The van der Waals surface area contributed by atoms with Gasteiger partial charge < -0.3 is 14.5 Å². The molecule has 2 aromatic rings. The number of benzene rings is 1. The molecule has 1 aliphatic heterocycles. The molecule has 3 rings (SSSR count). The van der Waals surface area contributed by atoms with Crippen molar-refractivity contribution < 1.29 is 18.7 Å². The molecule has 1 fully saturated rings. The van der Waals surface area contributed by atoms with E-state index in [4.69, 9.17) is 21.4 Å². The van der Waals surface area contributed by atoms with Crippen molar-refractivity contribution >= 4 is 46.7 Å². The fraction of sp³-hybridized carbons (Fsp3) is 0.316. The van der Waals surface area contributed by atoms with Crippen LogP contribution in [-0.2, 0) is 9.53 Å². The minimum Gasteiger partial charge on any atom is -0.462 e. The zero-order chi connectivity index (χ0) is 20.3. The molecule has 7 nitrogen and oxygen atoms in total. The van der Waals surface area contributed by atoms with E-state index >= 15 is 0 Å². The van der Waals surface area contributed by atoms with Crippen LogP contribution in [0.25, 0.3) is 0 Å². The molecular weight excluding hydrogens is 398 g/mol. The predicted molar refractivity (Wildman–Crippen MR) is 112 cm³/mol. The van der Waals surface area contributed by atoms with Crippen LogP contribution in [0.1, 0.15) is 39.7 Å². The molecule has 1 unspecified atom stereocenters. The second-order valence-corrected chi connectivity index (χ2v) is 7.67. The monoisotopic (exact) mass is 419 g/mol. The van der Waals surface area contributed by atoms with Crippen LogP contribution in [0.3, 0.4) is 0 Å². The molecule has 2 N–H and O–H groups in total. The van der Waals surface area contributed by atoms with Crippen molar-refractivity contribution in [2.24, 2.45) is 0 Å². The summed E-state index contributed by atoms with van der Waals surface area (Å²) in [7, 11) is 0. The Morgan fingerprint density at radius 3 is 2.75 bits per heavy atom. The van der Waals surface area contributed by atoms with Crippen LogP contribution in [-0.4, -0.2) is 34.4 Å². The first kappa shape index (κ1) is 20.2. The lowest BCUT2D eigenvalue weighted by atomic mass is 10.2. The summed E-state index contributed by atoms with van der Waals surface area (Å²) in [6.07, 6.45) is 0. The molecule has 1 amide bonds. The molecule has 0 bridgehead atoms. The first-order valence-corrected chi connectivity index (χ1v) is 10.2. The number of hydrogen-bond donors (Lipinski definition) is 2. The van der Waals surface area contributed by atoms with Crippen molar-refractivity contribution in [1.29, 1.82) is 0 Å². The molecule has 9 heteroatoms. The van der Waals surface area contributed by atoms with Gasteiger partial charge in [0.1, 0.15) is 17.1 Å². The van der Waals surface area contributed by atoms with E-state index in [0.717, 1.165) is 11.3 Å². The maximum Gasteiger partial charge on any atom is 0.341 e. The van der Waals surface area contributed by atoms with E-state index in [1.807, 2.05) is 31.2 Å². The molecule has 0 spiro atoms. The van der Waals surface area contributed by atoms with Crippen molar-refractivity contribution in [2.75, 3.05) is 17.7 Å². The molecule has 1 atom stereocenters. The Morgan fingerprint density at radius 2 is 2.07 bits per heavy atom. The number of nitrogens with one attached hydrogen (secondary N) is 2. The highest BCUT2D eigenvalue weighted by atomic mass is 32.2. The second-order valence-electron chi connectivity index (χ2n) is 6.20. The smallest absolute Gasteiger partial charge is 0.341 e. The fourth-order valence-corrected chi connectivity index (χ4v) is 3.95. The maximum atomic E-state index is 12.3. The van der Waals surface area contributed by atoms with Crippen LogP contribution >= 0.6 is 24.0 Å². The third-order valence-electron chi connectivity index (χ3n) is 4.07. The second kappa shape index (κ2) is 8.66. The van der Waals surface area contributed by atoms with E-state index in [-0.39, 0.29) is 18.3 Å². The molecule has 1 saturated heterocycles. The first-order valence-electron chi connectivity index (χ1n) is 8.74. The summed E-state index contributed by atoms with van der Waals surface area (Å²) >= 11 is 6.73. The van der Waals surface area contributed by atoms with Crippen molar-refractivity contribution in [2.45, 2.75) is 26.1 Å². The molecule has 0 radical (unpaired) electrons. The SMILES string of the molecule is CCOC(=O)c1cc(C2SCC(=O)N2NC(=S)Nc2ccc(C)cc2)oc1C. The minimum absolute atomic E-state index is 0.130. The van der Waals surface area contributed by atoms with Crippen molar-refractivity contribution in [1.82, 2.24) is 10.4 Å². The van der Waals surface area contributed by atoms with Crippen molar-refractivity contribution in [3.05, 3.63) is 53.0 Å². The Kier molecular flexibility index (Phi) is 6.25. The number of nitrogens with zero attached hydrogens (tertiary/aromatic N) is 1. The third kappa shape index (κ3) is 4.48. The highest BCUT2D eigenvalue weighted by Crippen LogP contribution is 2.39. The van der Waals surface area contributed by atoms with Gasteiger partial charge in [0.2, 0.25) is 0 Å². The Hall–Kier alpha value is -2.52. The van der Waals surface area contributed by atoms with Gasteiger partial charge in [-0.1, -0.05) is 17.7 Å². The van der Waals surface area contributed by atoms with Crippen LogP contribution in [0.2, 0.25) is 0 Å². The van der Waals surface area contributed by atoms with E-state index in [1.165, 1.54) is 16.8 Å². The van der Waals surface area contributed by atoms with Crippen molar-refractivity contribution in [3.8, 4) is 0 Å². The number of carbonyl (C=O) groups is 2. The zero-order valence-electron chi connectivity index (χ0n) is 15.8. The number of esters is 1. The highest BCUT2D eigenvalue weighted by Gasteiger charge is 2.37. The lowest BCUT2D eigenvalue weighted by Gasteiger charge is -2.24. The summed E-state index contributed by atoms with van der Waals surface area (Å²) < 4.78 is 10.8. The number of carbonyl (C=O) groups excluding carboxylic acids is 2. The van der Waals surface area contributed by atoms with E-state index in [2.05, 4.69) is 10.7 Å². The molecule has 2 heterocycles. The number of furan rings is 1. The zero-order valence-corrected chi connectivity index (χ0v) is 17.4. The van der Waals surface area contributed by atoms with Crippen LogP contribution < -0.4 is 10.7 Å². The summed E-state index contributed by atoms with van der Waals surface area (Å²) in [6.45, 7) is 5.72. The van der Waals surface area contributed by atoms with Gasteiger partial charge in [0.25, 0.3) is 5.91 Å². The Labute approximate surface area is 172 Å². The summed E-state index contributed by atoms with van der Waals surface area (Å²) in [6, 6.07) is 9.36. The average Bonchev–Trinajstić information content (AvgIpc) is 3.20. The number of thioether (sulfide) groups is 1. The number of anilines is 1. The lowest BCUT2D eigenvalue weighted by Crippen LogP contribution is -2.46. The standard InChI is InChI=1S/C19H21N3O4S2/c1-4-25-18(24)14-9-15(26-12(14)3)17-22(16(23)10-28-17)21-19(27)20-13-7-5-11(2)6-8-13/h5-9,17H,4,10H2,1-3H3,(H2,20,21,27). The van der Waals surface area contributed by atoms with Gasteiger partial charge in [-0.25, -0.2) is 9.80 Å². The molecule has 1 aromatic carbocycles. The van der Waals surface area contributed by atoms with Gasteiger partial charge in [0.05, 0.1) is 12.4 Å². The Morgan fingerprint density at radius 1 is 1.36 bits per heavy atom. The van der Waals surface area contributed by atoms with Gasteiger partial charge in [-0.3, -0.25) is 10.2 Å². The van der Waals surface area contributed by atoms with Gasteiger partial charge in [0, 0.05) is 5.69 Å². The number of thiocarbonyl (C=S) groups is 1. The number of hydrogen-bond acceptors (Lipinski definition) is 6. The molecule has 28 heavy (non-hydrogen) atoms. The molecule has 0 aliphatic carbocycles. The molecule has 1 aliphatic rings. The van der Waals surface area contributed by atoms with Crippen LogP contribution in [0.5, 0.6) is 0 Å². The van der Waals surface area contributed by atoms with Crippen LogP contribution in [0.15, 0.2) is 34.7 Å². The quantitative estimate of drug-likeness (QED) is 0.562. The Balaban J connectivity index is 1.72. The number of rotatable bonds is 5. The van der Waals surface area contributed by atoms with E-state index < -0.39 is 11.3 Å². The van der Waals surface area contributed by atoms with Gasteiger partial charge in [-0.2, -0.15) is 0 Å². The lowest BCUT2D eigenvalue weighted by molar-refractivity contribution is -0.130. The van der Waals surface area contributed by atoms with Gasteiger partial charge in [0.15, 0.2) is 10.5 Å². The van der Waals surface area contributed by atoms with Crippen LogP contribution in [0.4, 0.5) is 5.69 Å². The van der Waals surface area contributed by atoms with E-state index in [9.17, 15) is 9.59 Å².